The number of carbonyl (C=O) groups is 1. The normalized spacial score (nSPS) is 12.5. The van der Waals surface area contributed by atoms with Gasteiger partial charge in [0.1, 0.15) is 11.7 Å². The maximum absolute atomic E-state index is 12.9. The van der Waals surface area contributed by atoms with E-state index in [9.17, 15) is 9.59 Å². The number of benzene rings is 2. The Hall–Kier alpha value is -3.92. The van der Waals surface area contributed by atoms with Crippen LogP contribution in [0.25, 0.3) is 17.1 Å². The minimum absolute atomic E-state index is 0.158. The summed E-state index contributed by atoms with van der Waals surface area (Å²) in [5.41, 5.74) is 2.16. The lowest BCUT2D eigenvalue weighted by Gasteiger charge is -2.07. The number of fused-ring (bicyclic) bond motifs is 2. The number of hydrogen-bond acceptors (Lipinski definition) is 6. The highest BCUT2D eigenvalue weighted by molar-refractivity contribution is 9.10. The molecule has 2 aromatic heterocycles. The molecular weight excluding hydrogens is 502 g/mol. The minimum atomic E-state index is -0.237. The molecule has 172 valence electrons. The molecule has 0 radical (unpaired) electrons. The second-order valence-corrected chi connectivity index (χ2v) is 8.56. The van der Waals surface area contributed by atoms with E-state index in [0.717, 1.165) is 15.6 Å². The van der Waals surface area contributed by atoms with Crippen molar-refractivity contribution in [1.29, 1.82) is 0 Å². The predicted molar refractivity (Wildman–Crippen MR) is 130 cm³/mol. The van der Waals surface area contributed by atoms with Gasteiger partial charge in [-0.25, -0.2) is 9.67 Å². The zero-order valence-electron chi connectivity index (χ0n) is 18.0. The molecule has 34 heavy (non-hydrogen) atoms. The lowest BCUT2D eigenvalue weighted by Crippen LogP contribution is -2.26. The van der Waals surface area contributed by atoms with Gasteiger partial charge in [-0.3, -0.25) is 14.2 Å². The van der Waals surface area contributed by atoms with Crippen molar-refractivity contribution in [3.63, 3.8) is 0 Å². The van der Waals surface area contributed by atoms with Crippen LogP contribution in [0.4, 0.5) is 0 Å². The molecule has 0 saturated carbocycles. The van der Waals surface area contributed by atoms with Crippen LogP contribution < -0.4 is 20.3 Å². The summed E-state index contributed by atoms with van der Waals surface area (Å²) >= 11 is 3.41. The Balaban J connectivity index is 1.19. The highest BCUT2D eigenvalue weighted by atomic mass is 79.9. The van der Waals surface area contributed by atoms with Gasteiger partial charge in [0.05, 0.1) is 19.3 Å². The van der Waals surface area contributed by atoms with Crippen molar-refractivity contribution in [3.05, 3.63) is 87.0 Å². The minimum Gasteiger partial charge on any atom is -0.454 e. The first kappa shape index (κ1) is 21.9. The molecule has 2 aromatic carbocycles. The molecule has 0 aliphatic carbocycles. The van der Waals surface area contributed by atoms with E-state index in [1.807, 2.05) is 42.5 Å². The van der Waals surface area contributed by atoms with Crippen LogP contribution in [-0.2, 0) is 17.9 Å². The van der Waals surface area contributed by atoms with Gasteiger partial charge in [-0.15, -0.1) is 0 Å². The van der Waals surface area contributed by atoms with E-state index >= 15 is 0 Å². The van der Waals surface area contributed by atoms with E-state index in [1.165, 1.54) is 18.6 Å². The van der Waals surface area contributed by atoms with Gasteiger partial charge in [0, 0.05) is 17.1 Å². The molecule has 1 amide bonds. The first-order valence-corrected chi connectivity index (χ1v) is 11.4. The van der Waals surface area contributed by atoms with Crippen molar-refractivity contribution >= 4 is 38.9 Å². The molecule has 9 nitrogen and oxygen atoms in total. The van der Waals surface area contributed by atoms with Gasteiger partial charge in [-0.1, -0.05) is 34.1 Å². The number of aromatic nitrogens is 4. The SMILES string of the molecule is O=C(C=Cc1ccc2c(c1)OCO2)NCCn1ncc2c(=O)n(Cc3ccc(Br)cc3)cnc21. The predicted octanol–water partition coefficient (Wildman–Crippen LogP) is 2.96. The topological polar surface area (TPSA) is 100 Å². The molecule has 4 aromatic rings. The molecule has 0 atom stereocenters. The number of hydrogen-bond donors (Lipinski definition) is 1. The summed E-state index contributed by atoms with van der Waals surface area (Å²) in [6.45, 7) is 1.35. The fraction of sp³-hybridized carbons (Fsp3) is 0.167. The first-order valence-electron chi connectivity index (χ1n) is 10.6. The lowest BCUT2D eigenvalue weighted by molar-refractivity contribution is -0.116. The summed E-state index contributed by atoms with van der Waals surface area (Å²) < 4.78 is 14.8. The summed E-state index contributed by atoms with van der Waals surface area (Å²) in [5, 5.41) is 7.53. The van der Waals surface area contributed by atoms with Crippen LogP contribution in [0.1, 0.15) is 11.1 Å². The third-order valence-electron chi connectivity index (χ3n) is 5.34. The Morgan fingerprint density at radius 1 is 1.15 bits per heavy atom. The van der Waals surface area contributed by atoms with Gasteiger partial charge in [0.15, 0.2) is 17.1 Å². The Kier molecular flexibility index (Phi) is 6.13. The van der Waals surface area contributed by atoms with Crippen molar-refractivity contribution < 1.29 is 14.3 Å². The van der Waals surface area contributed by atoms with Gasteiger partial charge in [-0.2, -0.15) is 5.10 Å². The Bertz CT molecular complexity index is 1440. The molecule has 10 heteroatoms. The fourth-order valence-electron chi connectivity index (χ4n) is 3.59. The molecular formula is C24H20BrN5O4. The van der Waals surface area contributed by atoms with Crippen LogP contribution in [0, 0.1) is 0 Å². The molecule has 1 aliphatic heterocycles. The Labute approximate surface area is 202 Å². The van der Waals surface area contributed by atoms with E-state index in [0.29, 0.717) is 42.2 Å². The molecule has 0 bridgehead atoms. The Morgan fingerprint density at radius 2 is 1.97 bits per heavy atom. The third kappa shape index (κ3) is 4.72. The van der Waals surface area contributed by atoms with Crippen molar-refractivity contribution in [2.75, 3.05) is 13.3 Å². The molecule has 0 fully saturated rings. The standard InChI is InChI=1S/C24H20BrN5O4/c25-18-5-1-17(2-6-18)13-29-14-27-23-19(24(29)32)12-28-30(23)10-9-26-22(31)8-4-16-3-7-20-21(11-16)34-15-33-20/h1-8,11-12,14H,9-10,13,15H2,(H,26,31). The summed E-state index contributed by atoms with van der Waals surface area (Å²) in [6.07, 6.45) is 6.20. The van der Waals surface area contributed by atoms with Crippen molar-refractivity contribution in [2.24, 2.45) is 0 Å². The van der Waals surface area contributed by atoms with E-state index in [-0.39, 0.29) is 18.3 Å². The molecule has 1 aliphatic rings. The largest absolute Gasteiger partial charge is 0.454 e. The second-order valence-electron chi connectivity index (χ2n) is 7.65. The summed E-state index contributed by atoms with van der Waals surface area (Å²) in [6, 6.07) is 13.2. The number of halogens is 1. The summed E-state index contributed by atoms with van der Waals surface area (Å²) in [4.78, 5) is 29.5. The average Bonchev–Trinajstić information content (AvgIpc) is 3.48. The van der Waals surface area contributed by atoms with Gasteiger partial charge in [0.25, 0.3) is 5.56 Å². The van der Waals surface area contributed by atoms with E-state index in [4.69, 9.17) is 9.47 Å². The van der Waals surface area contributed by atoms with Gasteiger partial charge in [-0.05, 0) is 41.5 Å². The van der Waals surface area contributed by atoms with Crippen LogP contribution in [0.3, 0.4) is 0 Å². The number of ether oxygens (including phenoxy) is 2. The van der Waals surface area contributed by atoms with E-state index in [2.05, 4.69) is 31.3 Å². The quantitative estimate of drug-likeness (QED) is 0.375. The van der Waals surface area contributed by atoms with Crippen molar-refractivity contribution in [3.8, 4) is 11.5 Å². The number of carbonyl (C=O) groups excluding carboxylic acids is 1. The smallest absolute Gasteiger partial charge is 0.264 e. The van der Waals surface area contributed by atoms with Crippen molar-refractivity contribution in [2.45, 2.75) is 13.1 Å². The van der Waals surface area contributed by atoms with Crippen LogP contribution in [-0.4, -0.2) is 38.6 Å². The van der Waals surface area contributed by atoms with Crippen LogP contribution in [0.5, 0.6) is 11.5 Å². The zero-order valence-corrected chi connectivity index (χ0v) is 19.6. The molecule has 0 spiro atoms. The number of nitrogens with one attached hydrogen (secondary N) is 1. The lowest BCUT2D eigenvalue weighted by atomic mass is 10.2. The highest BCUT2D eigenvalue weighted by Gasteiger charge is 2.13. The zero-order chi connectivity index (χ0) is 23.5. The molecule has 3 heterocycles. The maximum atomic E-state index is 12.9. The first-order chi connectivity index (χ1) is 16.6. The van der Waals surface area contributed by atoms with Gasteiger partial charge < -0.3 is 14.8 Å². The number of rotatable bonds is 7. The van der Waals surface area contributed by atoms with Gasteiger partial charge in [0.2, 0.25) is 12.7 Å². The monoisotopic (exact) mass is 521 g/mol. The van der Waals surface area contributed by atoms with E-state index < -0.39 is 0 Å². The molecule has 0 unspecified atom stereocenters. The molecule has 5 rings (SSSR count). The summed E-state index contributed by atoms with van der Waals surface area (Å²) in [7, 11) is 0. The van der Waals surface area contributed by atoms with Gasteiger partial charge >= 0.3 is 0 Å². The third-order valence-corrected chi connectivity index (χ3v) is 5.86. The second kappa shape index (κ2) is 9.52. The summed E-state index contributed by atoms with van der Waals surface area (Å²) in [5.74, 6) is 1.12. The molecule has 0 saturated heterocycles. The van der Waals surface area contributed by atoms with E-state index in [1.54, 1.807) is 15.3 Å². The average molecular weight is 522 g/mol. The highest BCUT2D eigenvalue weighted by Crippen LogP contribution is 2.32. The van der Waals surface area contributed by atoms with Crippen molar-refractivity contribution in [1.82, 2.24) is 24.6 Å². The number of nitrogens with zero attached hydrogens (tertiary/aromatic N) is 4. The molecule has 1 N–H and O–H groups in total. The fourth-order valence-corrected chi connectivity index (χ4v) is 3.86. The maximum Gasteiger partial charge on any atom is 0.264 e. The Morgan fingerprint density at radius 3 is 2.82 bits per heavy atom. The van der Waals surface area contributed by atoms with Crippen LogP contribution in [0.2, 0.25) is 0 Å². The van der Waals surface area contributed by atoms with Crippen LogP contribution in [0.15, 0.2) is 70.3 Å². The number of amides is 1. The van der Waals surface area contributed by atoms with Crippen LogP contribution >= 0.6 is 15.9 Å².